The van der Waals surface area contributed by atoms with Crippen LogP contribution in [-0.2, 0) is 16.0 Å². The van der Waals surface area contributed by atoms with E-state index >= 15 is 0 Å². The number of carbonyl (C=O) groups excluding carboxylic acids is 2. The van der Waals surface area contributed by atoms with Gasteiger partial charge in [0, 0.05) is 5.69 Å². The first-order chi connectivity index (χ1) is 9.55. The predicted molar refractivity (Wildman–Crippen MR) is 85.5 cm³/mol. The van der Waals surface area contributed by atoms with Crippen molar-refractivity contribution in [1.29, 1.82) is 0 Å². The Balaban J connectivity index is 0.00000220. The maximum Gasteiger partial charge on any atom is 0.244 e. The molecule has 5 nitrogen and oxygen atoms in total. The smallest absolute Gasteiger partial charge is 0.244 e. The largest absolute Gasteiger partial charge is 0.369 e. The van der Waals surface area contributed by atoms with Gasteiger partial charge in [-0.15, -0.1) is 12.4 Å². The molecule has 1 aliphatic rings. The Bertz CT molecular complexity index is 496. The number of hydrogen-bond donors (Lipinski definition) is 3. The molecule has 1 fully saturated rings. The summed E-state index contributed by atoms with van der Waals surface area (Å²) in [4.78, 5) is 23.2. The second-order valence-corrected chi connectivity index (χ2v) is 5.26. The lowest BCUT2D eigenvalue weighted by Gasteiger charge is -2.26. The highest BCUT2D eigenvalue weighted by Gasteiger charge is 2.38. The fourth-order valence-corrected chi connectivity index (χ4v) is 2.62. The highest BCUT2D eigenvalue weighted by atomic mass is 35.5. The molecule has 21 heavy (non-hydrogen) atoms. The Morgan fingerprint density at radius 3 is 2.48 bits per heavy atom. The molecule has 1 atom stereocenters. The van der Waals surface area contributed by atoms with Gasteiger partial charge in [0.25, 0.3) is 0 Å². The van der Waals surface area contributed by atoms with Crippen molar-refractivity contribution in [1.82, 2.24) is 5.32 Å². The summed E-state index contributed by atoms with van der Waals surface area (Å²) in [5.74, 6) is -0.345. The quantitative estimate of drug-likeness (QED) is 0.772. The van der Waals surface area contributed by atoms with Crippen LogP contribution < -0.4 is 16.4 Å². The van der Waals surface area contributed by atoms with Crippen LogP contribution in [0.15, 0.2) is 24.3 Å². The maximum absolute atomic E-state index is 12.4. The Morgan fingerprint density at radius 1 is 1.33 bits per heavy atom. The van der Waals surface area contributed by atoms with Gasteiger partial charge in [0.1, 0.15) is 0 Å². The highest BCUT2D eigenvalue weighted by Crippen LogP contribution is 2.25. The number of halogens is 1. The van der Waals surface area contributed by atoms with Gasteiger partial charge < -0.3 is 16.4 Å². The van der Waals surface area contributed by atoms with Crippen LogP contribution in [0.4, 0.5) is 5.69 Å². The summed E-state index contributed by atoms with van der Waals surface area (Å²) in [5, 5.41) is 6.24. The molecule has 0 radical (unpaired) electrons. The molecule has 116 valence electrons. The summed E-state index contributed by atoms with van der Waals surface area (Å²) in [6, 6.07) is 7.21. The lowest BCUT2D eigenvalue weighted by atomic mass is 9.93. The van der Waals surface area contributed by atoms with Gasteiger partial charge in [-0.3, -0.25) is 9.59 Å². The van der Waals surface area contributed by atoms with Crippen molar-refractivity contribution in [3.63, 3.8) is 0 Å². The van der Waals surface area contributed by atoms with Crippen molar-refractivity contribution in [2.75, 3.05) is 11.9 Å². The van der Waals surface area contributed by atoms with Crippen molar-refractivity contribution in [2.45, 2.75) is 38.1 Å². The van der Waals surface area contributed by atoms with E-state index in [0.717, 1.165) is 37.1 Å². The van der Waals surface area contributed by atoms with E-state index in [0.29, 0.717) is 0 Å². The standard InChI is InChI=1S/C15H21N3O2.ClH/c1-2-15(8-3-9-17-15)14(20)18-12-6-4-11(5-7-12)10-13(16)19;/h4-7,17H,2-3,8-10H2,1H3,(H2,16,19)(H,18,20);1H. The molecule has 0 saturated carbocycles. The molecule has 2 rings (SSSR count). The van der Waals surface area contributed by atoms with E-state index in [4.69, 9.17) is 5.73 Å². The zero-order valence-electron chi connectivity index (χ0n) is 12.1. The second kappa shape index (κ2) is 7.43. The van der Waals surface area contributed by atoms with Gasteiger partial charge in [-0.1, -0.05) is 19.1 Å². The van der Waals surface area contributed by atoms with Crippen molar-refractivity contribution in [3.8, 4) is 0 Å². The number of anilines is 1. The van der Waals surface area contributed by atoms with Gasteiger partial charge >= 0.3 is 0 Å². The lowest BCUT2D eigenvalue weighted by molar-refractivity contribution is -0.122. The van der Waals surface area contributed by atoms with Gasteiger partial charge in [0.2, 0.25) is 11.8 Å². The van der Waals surface area contributed by atoms with E-state index in [1.807, 2.05) is 6.92 Å². The number of benzene rings is 1. The highest BCUT2D eigenvalue weighted by molar-refractivity contribution is 5.98. The van der Waals surface area contributed by atoms with E-state index in [-0.39, 0.29) is 30.6 Å². The first-order valence-electron chi connectivity index (χ1n) is 6.99. The number of carbonyl (C=O) groups is 2. The minimum Gasteiger partial charge on any atom is -0.369 e. The predicted octanol–water partition coefficient (Wildman–Crippen LogP) is 1.61. The third kappa shape index (κ3) is 4.19. The molecule has 1 aromatic rings. The van der Waals surface area contributed by atoms with Crippen LogP contribution in [0.25, 0.3) is 0 Å². The minimum absolute atomic E-state index is 0. The molecular formula is C15H22ClN3O2. The second-order valence-electron chi connectivity index (χ2n) is 5.26. The average molecular weight is 312 g/mol. The maximum atomic E-state index is 12.4. The summed E-state index contributed by atoms with van der Waals surface area (Å²) in [5.41, 5.74) is 6.29. The fraction of sp³-hybridized carbons (Fsp3) is 0.467. The van der Waals surface area contributed by atoms with Crippen molar-refractivity contribution in [3.05, 3.63) is 29.8 Å². The minimum atomic E-state index is -0.439. The van der Waals surface area contributed by atoms with Crippen LogP contribution in [0.2, 0.25) is 0 Å². The SMILES string of the molecule is CCC1(C(=O)Nc2ccc(CC(N)=O)cc2)CCCN1.Cl. The average Bonchev–Trinajstić information content (AvgIpc) is 2.90. The topological polar surface area (TPSA) is 84.2 Å². The Kier molecular flexibility index (Phi) is 6.18. The van der Waals surface area contributed by atoms with Crippen molar-refractivity contribution in [2.24, 2.45) is 5.73 Å². The Hall–Kier alpha value is -1.59. The molecule has 1 heterocycles. The molecule has 1 aliphatic heterocycles. The third-order valence-electron chi connectivity index (χ3n) is 3.87. The van der Waals surface area contributed by atoms with Crippen LogP contribution in [0, 0.1) is 0 Å². The van der Waals surface area contributed by atoms with Gasteiger partial charge in [-0.2, -0.15) is 0 Å². The summed E-state index contributed by atoms with van der Waals surface area (Å²) < 4.78 is 0. The number of rotatable bonds is 5. The fourth-order valence-electron chi connectivity index (χ4n) is 2.62. The van der Waals surface area contributed by atoms with Gasteiger partial charge in [-0.25, -0.2) is 0 Å². The molecule has 1 unspecified atom stereocenters. The molecule has 4 N–H and O–H groups in total. The molecule has 0 spiro atoms. The molecule has 0 bridgehead atoms. The van der Waals surface area contributed by atoms with E-state index in [1.165, 1.54) is 0 Å². The van der Waals surface area contributed by atoms with Crippen molar-refractivity contribution >= 4 is 29.9 Å². The molecule has 0 aromatic heterocycles. The Labute approximate surface area is 131 Å². The molecule has 1 aromatic carbocycles. The van der Waals surface area contributed by atoms with Crippen molar-refractivity contribution < 1.29 is 9.59 Å². The van der Waals surface area contributed by atoms with Gasteiger partial charge in [0.05, 0.1) is 12.0 Å². The van der Waals surface area contributed by atoms with Gasteiger partial charge in [-0.05, 0) is 43.5 Å². The number of nitrogens with one attached hydrogen (secondary N) is 2. The Morgan fingerprint density at radius 2 is 2.00 bits per heavy atom. The zero-order chi connectivity index (χ0) is 14.6. The lowest BCUT2D eigenvalue weighted by Crippen LogP contribution is -2.50. The monoisotopic (exact) mass is 311 g/mol. The zero-order valence-corrected chi connectivity index (χ0v) is 13.0. The molecule has 6 heteroatoms. The van der Waals surface area contributed by atoms with Crippen LogP contribution in [0.3, 0.4) is 0 Å². The summed E-state index contributed by atoms with van der Waals surface area (Å²) in [6.07, 6.45) is 2.89. The van der Waals surface area contributed by atoms with Crippen LogP contribution in [0.5, 0.6) is 0 Å². The third-order valence-corrected chi connectivity index (χ3v) is 3.87. The van der Waals surface area contributed by atoms with E-state index in [2.05, 4.69) is 10.6 Å². The summed E-state index contributed by atoms with van der Waals surface area (Å²) in [7, 11) is 0. The van der Waals surface area contributed by atoms with Crippen LogP contribution in [-0.4, -0.2) is 23.9 Å². The number of primary amides is 1. The first-order valence-corrected chi connectivity index (χ1v) is 6.99. The molecule has 2 amide bonds. The van der Waals surface area contributed by atoms with E-state index < -0.39 is 5.54 Å². The van der Waals surface area contributed by atoms with E-state index in [1.54, 1.807) is 24.3 Å². The number of nitrogens with two attached hydrogens (primary N) is 1. The normalized spacial score (nSPS) is 20.6. The van der Waals surface area contributed by atoms with E-state index in [9.17, 15) is 9.59 Å². The molecular weight excluding hydrogens is 290 g/mol. The van der Waals surface area contributed by atoms with Crippen LogP contribution in [0.1, 0.15) is 31.7 Å². The summed E-state index contributed by atoms with van der Waals surface area (Å²) >= 11 is 0. The summed E-state index contributed by atoms with van der Waals surface area (Å²) in [6.45, 7) is 2.91. The van der Waals surface area contributed by atoms with Crippen LogP contribution >= 0.6 is 12.4 Å². The first kappa shape index (κ1) is 17.5. The molecule has 0 aliphatic carbocycles. The number of amides is 2. The number of hydrogen-bond acceptors (Lipinski definition) is 3. The molecule has 1 saturated heterocycles. The van der Waals surface area contributed by atoms with Gasteiger partial charge in [0.15, 0.2) is 0 Å².